The highest BCUT2D eigenvalue weighted by Crippen LogP contribution is 2.35. The molecule has 1 unspecified atom stereocenters. The number of hydrogen-bond donors (Lipinski definition) is 0. The molecule has 0 saturated heterocycles. The van der Waals surface area contributed by atoms with Gasteiger partial charge in [0.1, 0.15) is 12.5 Å². The van der Waals surface area contributed by atoms with Crippen molar-refractivity contribution in [3.63, 3.8) is 0 Å². The summed E-state index contributed by atoms with van der Waals surface area (Å²) in [6.45, 7) is 0.348. The summed E-state index contributed by atoms with van der Waals surface area (Å²) in [6, 6.07) is 7.45. The molecule has 2 heterocycles. The van der Waals surface area contributed by atoms with Crippen LogP contribution in [0.25, 0.3) is 0 Å². The first-order chi connectivity index (χ1) is 8.36. The molecule has 0 spiro atoms. The lowest BCUT2D eigenvalue weighted by Gasteiger charge is -2.23. The first-order valence-electron chi connectivity index (χ1n) is 5.13. The average Bonchev–Trinajstić information content (AvgIpc) is 2.87. The summed E-state index contributed by atoms with van der Waals surface area (Å²) in [7, 11) is 0. The smallest absolute Gasteiger partial charge is 0.260 e. The van der Waals surface area contributed by atoms with Gasteiger partial charge in [-0.15, -0.1) is 21.8 Å². The van der Waals surface area contributed by atoms with Crippen molar-refractivity contribution in [2.24, 2.45) is 0 Å². The number of para-hydroxylation sites is 2. The van der Waals surface area contributed by atoms with Gasteiger partial charge in [0.25, 0.3) is 5.89 Å². The molecule has 1 aliphatic rings. The summed E-state index contributed by atoms with van der Waals surface area (Å²) in [4.78, 5) is 0. The van der Waals surface area contributed by atoms with E-state index < -0.39 is 0 Å². The second kappa shape index (κ2) is 4.25. The Hall–Kier alpha value is -1.75. The van der Waals surface area contributed by atoms with Crippen molar-refractivity contribution in [3.05, 3.63) is 36.0 Å². The van der Waals surface area contributed by atoms with Gasteiger partial charge in [0.05, 0.1) is 0 Å². The molecule has 0 fully saturated rings. The number of halogens is 1. The molecule has 0 radical (unpaired) electrons. The zero-order valence-corrected chi connectivity index (χ0v) is 9.55. The van der Waals surface area contributed by atoms with Gasteiger partial charge in [0.15, 0.2) is 11.5 Å². The SMILES string of the molecule is ClCc1nnc(C2COc3ccccc3O2)o1. The maximum atomic E-state index is 5.71. The molecule has 1 aliphatic heterocycles. The number of fused-ring (bicyclic) bond motifs is 1. The van der Waals surface area contributed by atoms with E-state index >= 15 is 0 Å². The third kappa shape index (κ3) is 1.93. The number of rotatable bonds is 2. The Morgan fingerprint density at radius 3 is 2.82 bits per heavy atom. The van der Waals surface area contributed by atoms with E-state index in [1.165, 1.54) is 0 Å². The molecular formula is C11H9ClN2O3. The van der Waals surface area contributed by atoms with Crippen molar-refractivity contribution < 1.29 is 13.9 Å². The number of nitrogens with zero attached hydrogens (tertiary/aromatic N) is 2. The topological polar surface area (TPSA) is 57.4 Å². The van der Waals surface area contributed by atoms with Crippen molar-refractivity contribution >= 4 is 11.6 Å². The lowest BCUT2D eigenvalue weighted by Crippen LogP contribution is -2.21. The normalized spacial score (nSPS) is 18.1. The van der Waals surface area contributed by atoms with Crippen molar-refractivity contribution in [2.45, 2.75) is 12.0 Å². The largest absolute Gasteiger partial charge is 0.485 e. The van der Waals surface area contributed by atoms with E-state index in [0.29, 0.717) is 24.1 Å². The number of aromatic nitrogens is 2. The minimum atomic E-state index is -0.380. The Morgan fingerprint density at radius 1 is 1.24 bits per heavy atom. The van der Waals surface area contributed by atoms with Crippen molar-refractivity contribution in [2.75, 3.05) is 6.61 Å². The van der Waals surface area contributed by atoms with Crippen LogP contribution in [0.3, 0.4) is 0 Å². The highest BCUT2D eigenvalue weighted by molar-refractivity contribution is 6.16. The van der Waals surface area contributed by atoms with Crippen molar-refractivity contribution in [1.29, 1.82) is 0 Å². The van der Waals surface area contributed by atoms with E-state index in [-0.39, 0.29) is 12.0 Å². The summed E-state index contributed by atoms with van der Waals surface area (Å²) < 4.78 is 16.6. The van der Waals surface area contributed by atoms with E-state index in [4.69, 9.17) is 25.5 Å². The Balaban J connectivity index is 1.84. The molecule has 0 bridgehead atoms. The van der Waals surface area contributed by atoms with Gasteiger partial charge >= 0.3 is 0 Å². The van der Waals surface area contributed by atoms with Crippen LogP contribution in [0, 0.1) is 0 Å². The van der Waals surface area contributed by atoms with Crippen LogP contribution >= 0.6 is 11.6 Å². The molecule has 1 aromatic heterocycles. The third-order valence-electron chi connectivity index (χ3n) is 2.38. The second-order valence-corrected chi connectivity index (χ2v) is 3.80. The number of ether oxygens (including phenoxy) is 2. The van der Waals surface area contributed by atoms with Gasteiger partial charge in [-0.1, -0.05) is 12.1 Å². The van der Waals surface area contributed by atoms with Crippen molar-refractivity contribution in [1.82, 2.24) is 10.2 Å². The number of alkyl halides is 1. The van der Waals surface area contributed by atoms with Crippen LogP contribution < -0.4 is 9.47 Å². The Morgan fingerprint density at radius 2 is 2.06 bits per heavy atom. The predicted molar refractivity (Wildman–Crippen MR) is 59.2 cm³/mol. The Kier molecular flexibility index (Phi) is 2.60. The molecular weight excluding hydrogens is 244 g/mol. The lowest BCUT2D eigenvalue weighted by molar-refractivity contribution is 0.0705. The minimum absolute atomic E-state index is 0.192. The molecule has 0 N–H and O–H groups in total. The van der Waals surface area contributed by atoms with Crippen LogP contribution in [0.2, 0.25) is 0 Å². The Bertz CT molecular complexity index is 529. The molecule has 3 rings (SSSR count). The van der Waals surface area contributed by atoms with E-state index in [1.54, 1.807) is 0 Å². The fourth-order valence-corrected chi connectivity index (χ4v) is 1.70. The standard InChI is InChI=1S/C11H9ClN2O3/c12-5-10-13-14-11(17-10)9-6-15-7-3-1-2-4-8(7)16-9/h1-4,9H,5-6H2. The lowest BCUT2D eigenvalue weighted by atomic mass is 10.2. The number of hydrogen-bond acceptors (Lipinski definition) is 5. The molecule has 17 heavy (non-hydrogen) atoms. The molecule has 1 atom stereocenters. The van der Waals surface area contributed by atoms with E-state index in [1.807, 2.05) is 24.3 Å². The third-order valence-corrected chi connectivity index (χ3v) is 2.61. The van der Waals surface area contributed by atoms with Gasteiger partial charge in [0.2, 0.25) is 12.0 Å². The van der Waals surface area contributed by atoms with Crippen LogP contribution in [-0.4, -0.2) is 16.8 Å². The summed E-state index contributed by atoms with van der Waals surface area (Å²) in [6.07, 6.45) is -0.380. The van der Waals surface area contributed by atoms with Gasteiger partial charge in [-0.3, -0.25) is 0 Å². The monoisotopic (exact) mass is 252 g/mol. The molecule has 88 valence electrons. The van der Waals surface area contributed by atoms with Crippen molar-refractivity contribution in [3.8, 4) is 11.5 Å². The van der Waals surface area contributed by atoms with E-state index in [0.717, 1.165) is 5.75 Å². The van der Waals surface area contributed by atoms with Crippen LogP contribution in [0.5, 0.6) is 11.5 Å². The van der Waals surface area contributed by atoms with Gasteiger partial charge in [0, 0.05) is 0 Å². The highest BCUT2D eigenvalue weighted by Gasteiger charge is 2.26. The summed E-state index contributed by atoms with van der Waals surface area (Å²) in [5.41, 5.74) is 0. The van der Waals surface area contributed by atoms with Crippen LogP contribution in [0.1, 0.15) is 17.9 Å². The van der Waals surface area contributed by atoms with E-state index in [2.05, 4.69) is 10.2 Å². The first kappa shape index (κ1) is 10.4. The molecule has 0 aliphatic carbocycles. The zero-order chi connectivity index (χ0) is 11.7. The second-order valence-electron chi connectivity index (χ2n) is 3.53. The van der Waals surface area contributed by atoms with Crippen LogP contribution in [0.15, 0.2) is 28.7 Å². The van der Waals surface area contributed by atoms with Gasteiger partial charge < -0.3 is 13.9 Å². The summed E-state index contributed by atoms with van der Waals surface area (Å²) in [5.74, 6) is 2.35. The molecule has 0 amide bonds. The quantitative estimate of drug-likeness (QED) is 0.768. The summed E-state index contributed by atoms with van der Waals surface area (Å²) >= 11 is 5.59. The molecule has 0 saturated carbocycles. The molecule has 5 nitrogen and oxygen atoms in total. The van der Waals surface area contributed by atoms with Gasteiger partial charge in [-0.05, 0) is 12.1 Å². The summed E-state index contributed by atoms with van der Waals surface area (Å²) in [5, 5.41) is 7.66. The van der Waals surface area contributed by atoms with Gasteiger partial charge in [-0.2, -0.15) is 0 Å². The molecule has 6 heteroatoms. The minimum Gasteiger partial charge on any atom is -0.485 e. The maximum absolute atomic E-state index is 5.71. The predicted octanol–water partition coefficient (Wildman–Crippen LogP) is 2.32. The maximum Gasteiger partial charge on any atom is 0.260 e. The Labute approximate surface area is 102 Å². The zero-order valence-electron chi connectivity index (χ0n) is 8.80. The molecule has 1 aromatic carbocycles. The fraction of sp³-hybridized carbons (Fsp3) is 0.273. The fourth-order valence-electron chi connectivity index (χ4n) is 1.59. The van der Waals surface area contributed by atoms with Crippen LogP contribution in [0.4, 0.5) is 0 Å². The number of benzene rings is 1. The molecule has 2 aromatic rings. The van der Waals surface area contributed by atoms with E-state index in [9.17, 15) is 0 Å². The highest BCUT2D eigenvalue weighted by atomic mass is 35.5. The van der Waals surface area contributed by atoms with Gasteiger partial charge in [-0.25, -0.2) is 0 Å². The van der Waals surface area contributed by atoms with Crippen LogP contribution in [-0.2, 0) is 5.88 Å². The first-order valence-corrected chi connectivity index (χ1v) is 5.67. The average molecular weight is 253 g/mol.